The van der Waals surface area contributed by atoms with Gasteiger partial charge in [0.2, 0.25) is 0 Å². The first-order valence-electron chi connectivity index (χ1n) is 6.84. The summed E-state index contributed by atoms with van der Waals surface area (Å²) in [4.78, 5) is 9.51. The Bertz CT molecular complexity index is 623. The van der Waals surface area contributed by atoms with Gasteiger partial charge >= 0.3 is 0 Å². The maximum atomic E-state index is 4.63. The van der Waals surface area contributed by atoms with E-state index >= 15 is 0 Å². The van der Waals surface area contributed by atoms with E-state index in [0.29, 0.717) is 6.04 Å². The SMILES string of the molecule is CN1CCN2c3ncccc3-c3ccccc3[C@H]2C1. The summed E-state index contributed by atoms with van der Waals surface area (Å²) < 4.78 is 0. The Morgan fingerprint density at radius 1 is 1.05 bits per heavy atom. The number of likely N-dealkylation sites (N-methyl/N-ethyl adjacent to an activating group) is 1. The number of hydrogen-bond acceptors (Lipinski definition) is 3. The molecule has 0 N–H and O–H groups in total. The summed E-state index contributed by atoms with van der Waals surface area (Å²) in [6.45, 7) is 3.24. The van der Waals surface area contributed by atoms with Gasteiger partial charge < -0.3 is 9.80 Å². The molecule has 0 aliphatic carbocycles. The van der Waals surface area contributed by atoms with Gasteiger partial charge in [-0.25, -0.2) is 4.98 Å². The summed E-state index contributed by atoms with van der Waals surface area (Å²) in [7, 11) is 2.20. The minimum Gasteiger partial charge on any atom is -0.346 e. The van der Waals surface area contributed by atoms with E-state index in [1.165, 1.54) is 16.7 Å². The molecule has 2 aromatic rings. The second-order valence-corrected chi connectivity index (χ2v) is 5.43. The van der Waals surface area contributed by atoms with Gasteiger partial charge in [0.1, 0.15) is 5.82 Å². The number of anilines is 1. The van der Waals surface area contributed by atoms with Crippen LogP contribution in [-0.2, 0) is 0 Å². The molecule has 1 fully saturated rings. The molecule has 0 amide bonds. The molecule has 0 saturated carbocycles. The van der Waals surface area contributed by atoms with Crippen molar-refractivity contribution in [3.63, 3.8) is 0 Å². The molecule has 1 saturated heterocycles. The lowest BCUT2D eigenvalue weighted by Crippen LogP contribution is -2.48. The summed E-state index contributed by atoms with van der Waals surface area (Å²) >= 11 is 0. The van der Waals surface area contributed by atoms with Gasteiger partial charge in [-0.3, -0.25) is 0 Å². The van der Waals surface area contributed by atoms with Crippen LogP contribution in [0.4, 0.5) is 5.82 Å². The maximum absolute atomic E-state index is 4.63. The van der Waals surface area contributed by atoms with Crippen molar-refractivity contribution in [2.45, 2.75) is 6.04 Å². The van der Waals surface area contributed by atoms with E-state index in [9.17, 15) is 0 Å². The van der Waals surface area contributed by atoms with Gasteiger partial charge in [-0.2, -0.15) is 0 Å². The molecule has 2 aliphatic rings. The number of rotatable bonds is 0. The summed E-state index contributed by atoms with van der Waals surface area (Å²) in [6, 6.07) is 13.4. The molecule has 19 heavy (non-hydrogen) atoms. The molecule has 1 aromatic heterocycles. The third-order valence-electron chi connectivity index (χ3n) is 4.25. The average Bonchev–Trinajstić information content (AvgIpc) is 2.47. The van der Waals surface area contributed by atoms with Crippen LogP contribution >= 0.6 is 0 Å². The highest BCUT2D eigenvalue weighted by molar-refractivity contribution is 5.82. The number of pyridine rings is 1. The van der Waals surface area contributed by atoms with E-state index in [2.05, 4.69) is 52.2 Å². The normalized spacial score (nSPS) is 21.5. The molecule has 3 nitrogen and oxygen atoms in total. The first-order chi connectivity index (χ1) is 9.34. The number of aromatic nitrogens is 1. The summed E-state index contributed by atoms with van der Waals surface area (Å²) in [5.41, 5.74) is 4.07. The number of nitrogens with zero attached hydrogens (tertiary/aromatic N) is 3. The smallest absolute Gasteiger partial charge is 0.137 e. The van der Waals surface area contributed by atoms with Crippen LogP contribution in [0.1, 0.15) is 11.6 Å². The third-order valence-corrected chi connectivity index (χ3v) is 4.25. The van der Waals surface area contributed by atoms with Gasteiger partial charge in [0.25, 0.3) is 0 Å². The van der Waals surface area contributed by atoms with Crippen LogP contribution in [0.5, 0.6) is 0 Å². The fourth-order valence-corrected chi connectivity index (χ4v) is 3.31. The van der Waals surface area contributed by atoms with E-state index in [1.54, 1.807) is 0 Å². The zero-order valence-electron chi connectivity index (χ0n) is 11.1. The van der Waals surface area contributed by atoms with Crippen molar-refractivity contribution in [1.82, 2.24) is 9.88 Å². The molecule has 0 bridgehead atoms. The second-order valence-electron chi connectivity index (χ2n) is 5.43. The Labute approximate surface area is 113 Å². The standard InChI is InChI=1S/C16H17N3/c1-18-9-10-19-15(11-18)13-6-3-2-5-12(13)14-7-4-8-17-16(14)19/h2-8,15H,9-11H2,1H3/t15-/m1/s1. The Morgan fingerprint density at radius 2 is 1.89 bits per heavy atom. The van der Waals surface area contributed by atoms with Crippen molar-refractivity contribution in [1.29, 1.82) is 0 Å². The molecule has 4 rings (SSSR count). The third kappa shape index (κ3) is 1.58. The molecular formula is C16H17N3. The molecule has 0 radical (unpaired) electrons. The van der Waals surface area contributed by atoms with Gasteiger partial charge in [0.15, 0.2) is 0 Å². The topological polar surface area (TPSA) is 19.4 Å². The Balaban J connectivity index is 1.95. The molecule has 0 spiro atoms. The van der Waals surface area contributed by atoms with Gasteiger partial charge in [-0.1, -0.05) is 24.3 Å². The van der Waals surface area contributed by atoms with Crippen LogP contribution in [-0.4, -0.2) is 36.6 Å². The molecule has 3 heterocycles. The Hall–Kier alpha value is -1.87. The van der Waals surface area contributed by atoms with Gasteiger partial charge in [-0.15, -0.1) is 0 Å². The fourth-order valence-electron chi connectivity index (χ4n) is 3.31. The second kappa shape index (κ2) is 4.07. The van der Waals surface area contributed by atoms with Crippen molar-refractivity contribution < 1.29 is 0 Å². The van der Waals surface area contributed by atoms with Crippen molar-refractivity contribution in [2.75, 3.05) is 31.6 Å². The average molecular weight is 251 g/mol. The van der Waals surface area contributed by atoms with Crippen molar-refractivity contribution in [2.24, 2.45) is 0 Å². The van der Waals surface area contributed by atoms with Crippen LogP contribution in [0, 0.1) is 0 Å². The lowest BCUT2D eigenvalue weighted by molar-refractivity contribution is 0.267. The number of benzene rings is 1. The van der Waals surface area contributed by atoms with E-state index in [-0.39, 0.29) is 0 Å². The summed E-state index contributed by atoms with van der Waals surface area (Å²) in [6.07, 6.45) is 1.90. The van der Waals surface area contributed by atoms with Crippen molar-refractivity contribution >= 4 is 5.82 Å². The van der Waals surface area contributed by atoms with Crippen LogP contribution < -0.4 is 4.90 Å². The van der Waals surface area contributed by atoms with Crippen LogP contribution in [0.2, 0.25) is 0 Å². The monoisotopic (exact) mass is 251 g/mol. The van der Waals surface area contributed by atoms with Gasteiger partial charge in [0, 0.05) is 31.4 Å². The highest BCUT2D eigenvalue weighted by Crippen LogP contribution is 2.44. The highest BCUT2D eigenvalue weighted by atomic mass is 15.3. The minimum atomic E-state index is 0.442. The highest BCUT2D eigenvalue weighted by Gasteiger charge is 2.34. The summed E-state index contributed by atoms with van der Waals surface area (Å²) in [5.74, 6) is 1.15. The molecule has 0 unspecified atom stereocenters. The molecule has 1 aromatic carbocycles. The van der Waals surface area contributed by atoms with Gasteiger partial charge in [-0.05, 0) is 30.3 Å². The van der Waals surface area contributed by atoms with E-state index in [0.717, 1.165) is 25.5 Å². The predicted octanol–water partition coefficient (Wildman–Crippen LogP) is 2.56. The summed E-state index contributed by atoms with van der Waals surface area (Å²) in [5, 5.41) is 0. The van der Waals surface area contributed by atoms with E-state index in [4.69, 9.17) is 0 Å². The van der Waals surface area contributed by atoms with Crippen LogP contribution in [0.25, 0.3) is 11.1 Å². The predicted molar refractivity (Wildman–Crippen MR) is 77.3 cm³/mol. The van der Waals surface area contributed by atoms with Gasteiger partial charge in [0.05, 0.1) is 6.04 Å². The zero-order valence-corrected chi connectivity index (χ0v) is 11.1. The van der Waals surface area contributed by atoms with Crippen molar-refractivity contribution in [3.05, 3.63) is 48.2 Å². The first kappa shape index (κ1) is 11.0. The lowest BCUT2D eigenvalue weighted by Gasteiger charge is -2.45. The van der Waals surface area contributed by atoms with E-state index < -0.39 is 0 Å². The molecule has 3 heteroatoms. The first-order valence-corrected chi connectivity index (χ1v) is 6.84. The molecule has 96 valence electrons. The Kier molecular flexibility index (Phi) is 2.35. The number of hydrogen-bond donors (Lipinski definition) is 0. The number of piperazine rings is 1. The maximum Gasteiger partial charge on any atom is 0.137 e. The Morgan fingerprint density at radius 3 is 2.84 bits per heavy atom. The fraction of sp³-hybridized carbons (Fsp3) is 0.312. The largest absolute Gasteiger partial charge is 0.346 e. The quantitative estimate of drug-likeness (QED) is 0.717. The van der Waals surface area contributed by atoms with E-state index in [1.807, 2.05) is 12.3 Å². The number of fused-ring (bicyclic) bond motifs is 6. The minimum absolute atomic E-state index is 0.442. The molecule has 1 atom stereocenters. The molecular weight excluding hydrogens is 234 g/mol. The van der Waals surface area contributed by atoms with Crippen molar-refractivity contribution in [3.8, 4) is 11.1 Å². The van der Waals surface area contributed by atoms with Crippen LogP contribution in [0.3, 0.4) is 0 Å². The molecule has 2 aliphatic heterocycles. The van der Waals surface area contributed by atoms with Crippen LogP contribution in [0.15, 0.2) is 42.6 Å². The zero-order chi connectivity index (χ0) is 12.8. The lowest BCUT2D eigenvalue weighted by atomic mass is 9.88.